The molecule has 1 unspecified atom stereocenters. The summed E-state index contributed by atoms with van der Waals surface area (Å²) in [6.45, 7) is 8.57. The minimum atomic E-state index is 0. The van der Waals surface area contributed by atoms with Crippen LogP contribution < -0.4 is 24.0 Å². The fraction of sp³-hybridized carbons (Fsp3) is 0.714. The van der Waals surface area contributed by atoms with Gasteiger partial charge < -0.3 is 33.2 Å². The number of halogens is 1. The molecule has 1 atom stereocenters. The van der Waals surface area contributed by atoms with Crippen molar-refractivity contribution >= 4 is 11.3 Å². The number of hydrogen-bond acceptors (Lipinski definition) is 2. The number of rotatable bonds is 5. The Labute approximate surface area is 133 Å². The van der Waals surface area contributed by atoms with Gasteiger partial charge in [-0.3, -0.25) is 0 Å². The van der Waals surface area contributed by atoms with Gasteiger partial charge in [0.05, 0.1) is 33.9 Å². The van der Waals surface area contributed by atoms with Crippen LogP contribution in [0.2, 0.25) is 0 Å². The monoisotopic (exact) mass is 383 g/mol. The number of ether oxygens (including phenoxy) is 1. The molecule has 2 nitrogen and oxygen atoms in total. The lowest BCUT2D eigenvalue weighted by Crippen LogP contribution is -3.00. The van der Waals surface area contributed by atoms with Crippen molar-refractivity contribution in [3.8, 4) is 0 Å². The van der Waals surface area contributed by atoms with Gasteiger partial charge in [0.15, 0.2) is 0 Å². The highest BCUT2D eigenvalue weighted by atomic mass is 127. The molecule has 1 aromatic rings. The fourth-order valence-electron chi connectivity index (χ4n) is 1.64. The van der Waals surface area contributed by atoms with Crippen LogP contribution in [0, 0.1) is 5.41 Å². The minimum absolute atomic E-state index is 0. The number of quaternary nitrogens is 1. The summed E-state index contributed by atoms with van der Waals surface area (Å²) >= 11 is 1.79. The van der Waals surface area contributed by atoms with E-state index < -0.39 is 0 Å². The maximum atomic E-state index is 6.12. The topological polar surface area (TPSA) is 9.23 Å². The standard InChI is InChI=1S/C14H26NOS.HI/c1-14(2,3)13(12-8-7-11-17-12)16-10-9-15(4,5)6;/h7-8,11,13H,9-10H2,1-6H3;1H/q+1;/p-1. The van der Waals surface area contributed by atoms with Crippen LogP contribution in [0.15, 0.2) is 17.5 Å². The Bertz CT molecular complexity index is 325. The molecule has 0 saturated carbocycles. The first-order chi connectivity index (χ1) is 7.70. The molecule has 4 heteroatoms. The van der Waals surface area contributed by atoms with Crippen molar-refractivity contribution < 1.29 is 33.2 Å². The Balaban J connectivity index is 0.00000289. The Morgan fingerprint density at radius 3 is 2.28 bits per heavy atom. The van der Waals surface area contributed by atoms with Crippen molar-refractivity contribution in [2.45, 2.75) is 26.9 Å². The summed E-state index contributed by atoms with van der Waals surface area (Å²) in [5.74, 6) is 0. The smallest absolute Gasteiger partial charge is 0.102 e. The third-order valence-corrected chi connectivity index (χ3v) is 3.55. The molecule has 1 heterocycles. The summed E-state index contributed by atoms with van der Waals surface area (Å²) in [6.07, 6.45) is 0.203. The van der Waals surface area contributed by atoms with Crippen LogP contribution in [0.25, 0.3) is 0 Å². The molecular formula is C14H26INOS. The van der Waals surface area contributed by atoms with E-state index in [1.54, 1.807) is 11.3 Å². The molecule has 0 amide bonds. The van der Waals surface area contributed by atoms with E-state index in [-0.39, 0.29) is 35.5 Å². The van der Waals surface area contributed by atoms with Crippen molar-refractivity contribution in [2.75, 3.05) is 34.3 Å². The quantitative estimate of drug-likeness (QED) is 0.534. The Morgan fingerprint density at radius 1 is 1.28 bits per heavy atom. The van der Waals surface area contributed by atoms with Gasteiger partial charge in [-0.1, -0.05) is 26.8 Å². The molecule has 0 fully saturated rings. The van der Waals surface area contributed by atoms with Crippen LogP contribution in [-0.4, -0.2) is 38.8 Å². The van der Waals surface area contributed by atoms with Crippen LogP contribution in [-0.2, 0) is 4.74 Å². The Hall–Kier alpha value is 0.350. The van der Waals surface area contributed by atoms with Gasteiger partial charge in [-0.15, -0.1) is 11.3 Å². The summed E-state index contributed by atoms with van der Waals surface area (Å²) < 4.78 is 7.07. The van der Waals surface area contributed by atoms with Crippen molar-refractivity contribution in [2.24, 2.45) is 5.41 Å². The molecule has 0 radical (unpaired) electrons. The third kappa shape index (κ3) is 6.50. The van der Waals surface area contributed by atoms with Crippen LogP contribution in [0.5, 0.6) is 0 Å². The maximum Gasteiger partial charge on any atom is 0.102 e. The fourth-order valence-corrected chi connectivity index (χ4v) is 2.66. The second kappa shape index (κ2) is 7.22. The van der Waals surface area contributed by atoms with E-state index in [2.05, 4.69) is 59.4 Å². The summed E-state index contributed by atoms with van der Waals surface area (Å²) in [7, 11) is 6.59. The Morgan fingerprint density at radius 2 is 1.89 bits per heavy atom. The molecule has 0 N–H and O–H groups in total. The van der Waals surface area contributed by atoms with E-state index in [9.17, 15) is 0 Å². The molecule has 0 aromatic carbocycles. The highest BCUT2D eigenvalue weighted by Gasteiger charge is 2.28. The van der Waals surface area contributed by atoms with E-state index >= 15 is 0 Å². The number of likely N-dealkylation sites (N-methyl/N-ethyl adjacent to an activating group) is 1. The van der Waals surface area contributed by atoms with Crippen LogP contribution in [0.3, 0.4) is 0 Å². The predicted molar refractivity (Wildman–Crippen MR) is 75.4 cm³/mol. The van der Waals surface area contributed by atoms with Crippen LogP contribution in [0.1, 0.15) is 31.8 Å². The predicted octanol–water partition coefficient (Wildman–Crippen LogP) is 0.562. The summed E-state index contributed by atoms with van der Waals surface area (Å²) in [6, 6.07) is 4.27. The van der Waals surface area contributed by atoms with Crippen molar-refractivity contribution in [3.05, 3.63) is 22.4 Å². The molecule has 0 aliphatic carbocycles. The summed E-state index contributed by atoms with van der Waals surface area (Å²) in [5.41, 5.74) is 0.149. The average molecular weight is 383 g/mol. The number of hydrogen-bond donors (Lipinski definition) is 0. The average Bonchev–Trinajstić information content (AvgIpc) is 2.60. The van der Waals surface area contributed by atoms with Crippen molar-refractivity contribution in [3.63, 3.8) is 0 Å². The van der Waals surface area contributed by atoms with Gasteiger partial charge in [0.2, 0.25) is 0 Å². The highest BCUT2D eigenvalue weighted by Crippen LogP contribution is 2.38. The van der Waals surface area contributed by atoms with E-state index in [4.69, 9.17) is 4.74 Å². The first kappa shape index (κ1) is 18.4. The Kier molecular flexibility index (Phi) is 7.36. The summed E-state index contributed by atoms with van der Waals surface area (Å²) in [4.78, 5) is 1.33. The number of nitrogens with zero attached hydrogens (tertiary/aromatic N) is 1. The maximum absolute atomic E-state index is 6.12. The lowest BCUT2D eigenvalue weighted by atomic mass is 9.88. The highest BCUT2D eigenvalue weighted by molar-refractivity contribution is 7.10. The molecular weight excluding hydrogens is 357 g/mol. The second-order valence-electron chi connectivity index (χ2n) is 6.65. The van der Waals surface area contributed by atoms with Crippen molar-refractivity contribution in [1.82, 2.24) is 0 Å². The van der Waals surface area contributed by atoms with Gasteiger partial charge in [-0.25, -0.2) is 0 Å². The first-order valence-corrected chi connectivity index (χ1v) is 7.03. The first-order valence-electron chi connectivity index (χ1n) is 6.15. The molecule has 106 valence electrons. The second-order valence-corrected chi connectivity index (χ2v) is 7.63. The largest absolute Gasteiger partial charge is 1.00 e. The summed E-state index contributed by atoms with van der Waals surface area (Å²) in [5, 5.41) is 2.12. The lowest BCUT2D eigenvalue weighted by Gasteiger charge is -2.31. The molecule has 1 rings (SSSR count). The van der Waals surface area contributed by atoms with E-state index in [0.717, 1.165) is 17.6 Å². The molecule has 0 saturated heterocycles. The zero-order valence-corrected chi connectivity index (χ0v) is 15.3. The molecule has 0 spiro atoms. The van der Waals surface area contributed by atoms with Gasteiger partial charge in [-0.05, 0) is 16.9 Å². The van der Waals surface area contributed by atoms with Crippen molar-refractivity contribution in [1.29, 1.82) is 0 Å². The van der Waals surface area contributed by atoms with E-state index in [1.165, 1.54) is 4.88 Å². The molecule has 18 heavy (non-hydrogen) atoms. The zero-order chi connectivity index (χ0) is 13.1. The molecule has 1 aromatic heterocycles. The van der Waals surface area contributed by atoms with Crippen LogP contribution >= 0.6 is 11.3 Å². The normalized spacial score (nSPS) is 14.1. The third-order valence-electron chi connectivity index (χ3n) is 2.63. The SMILES string of the molecule is CC(C)(C)C(OCC[N+](C)(C)C)c1cccs1.[I-]. The number of thiophene rings is 1. The van der Waals surface area contributed by atoms with Gasteiger partial charge in [0.25, 0.3) is 0 Å². The van der Waals surface area contributed by atoms with Gasteiger partial charge in [0.1, 0.15) is 6.54 Å². The molecule has 0 aliphatic heterocycles. The zero-order valence-electron chi connectivity index (χ0n) is 12.4. The molecule has 0 bridgehead atoms. The van der Waals surface area contributed by atoms with Gasteiger partial charge in [-0.2, -0.15) is 0 Å². The van der Waals surface area contributed by atoms with Crippen LogP contribution in [0.4, 0.5) is 0 Å². The van der Waals surface area contributed by atoms with Gasteiger partial charge >= 0.3 is 0 Å². The minimum Gasteiger partial charge on any atom is -1.00 e. The van der Waals surface area contributed by atoms with E-state index in [0.29, 0.717) is 0 Å². The molecule has 0 aliphatic rings. The van der Waals surface area contributed by atoms with Gasteiger partial charge in [0, 0.05) is 4.88 Å². The van der Waals surface area contributed by atoms with E-state index in [1.807, 2.05) is 0 Å². The lowest BCUT2D eigenvalue weighted by molar-refractivity contribution is -0.870.